The van der Waals surface area contributed by atoms with Crippen molar-refractivity contribution >= 4 is 0 Å². The number of aromatic nitrogens is 2. The summed E-state index contributed by atoms with van der Waals surface area (Å²) < 4.78 is 10.1. The predicted molar refractivity (Wildman–Crippen MR) is 75.5 cm³/mol. The highest BCUT2D eigenvalue weighted by molar-refractivity contribution is 4.98. The van der Waals surface area contributed by atoms with Crippen LogP contribution in [0.15, 0.2) is 4.52 Å². The van der Waals surface area contributed by atoms with Crippen molar-refractivity contribution in [2.45, 2.75) is 63.9 Å². The zero-order valence-electron chi connectivity index (χ0n) is 12.5. The largest absolute Gasteiger partial charge is 0.390 e. The molecule has 0 spiro atoms. The van der Waals surface area contributed by atoms with E-state index in [1.54, 1.807) is 7.11 Å². The highest BCUT2D eigenvalue weighted by Crippen LogP contribution is 2.36. The van der Waals surface area contributed by atoms with Crippen LogP contribution in [0.4, 0.5) is 0 Å². The molecule has 1 aliphatic carbocycles. The lowest BCUT2D eigenvalue weighted by molar-refractivity contribution is 0.0599. The quantitative estimate of drug-likeness (QED) is 0.832. The smallest absolute Gasteiger partial charge is 0.229 e. The minimum Gasteiger partial charge on any atom is -0.390 e. The molecule has 0 aliphatic heterocycles. The van der Waals surface area contributed by atoms with E-state index in [-0.39, 0.29) is 0 Å². The number of rotatable bonds is 7. The van der Waals surface area contributed by atoms with Gasteiger partial charge in [0.2, 0.25) is 5.89 Å². The lowest BCUT2D eigenvalue weighted by Crippen LogP contribution is -2.17. The number of ether oxygens (including phenoxy) is 1. The monoisotopic (exact) mass is 282 g/mol. The van der Waals surface area contributed by atoms with E-state index in [9.17, 15) is 5.11 Å². The van der Waals surface area contributed by atoms with Gasteiger partial charge in [-0.2, -0.15) is 4.98 Å². The second-order valence-corrected chi connectivity index (χ2v) is 5.87. The topological polar surface area (TPSA) is 68.4 Å². The molecule has 1 N–H and O–H groups in total. The minimum absolute atomic E-state index is 0.292. The van der Waals surface area contributed by atoms with Gasteiger partial charge in [-0.3, -0.25) is 0 Å². The molecule has 2 rings (SSSR count). The Morgan fingerprint density at radius 2 is 2.10 bits per heavy atom. The van der Waals surface area contributed by atoms with Crippen molar-refractivity contribution in [1.29, 1.82) is 0 Å². The van der Waals surface area contributed by atoms with Crippen molar-refractivity contribution in [3.8, 4) is 0 Å². The molecule has 0 saturated heterocycles. The fraction of sp³-hybridized carbons (Fsp3) is 0.867. The molecule has 1 atom stereocenters. The van der Waals surface area contributed by atoms with Gasteiger partial charge in [-0.15, -0.1) is 0 Å². The predicted octanol–water partition coefficient (Wildman–Crippen LogP) is 2.69. The second kappa shape index (κ2) is 7.74. The maximum absolute atomic E-state index is 9.66. The number of aliphatic hydroxyl groups is 1. The summed E-state index contributed by atoms with van der Waals surface area (Å²) in [6, 6.07) is 0. The molecular weight excluding hydrogens is 256 g/mol. The van der Waals surface area contributed by atoms with E-state index in [2.05, 4.69) is 17.1 Å². The Hall–Kier alpha value is -0.940. The zero-order chi connectivity index (χ0) is 14.4. The van der Waals surface area contributed by atoms with Gasteiger partial charge in [0.25, 0.3) is 0 Å². The second-order valence-electron chi connectivity index (χ2n) is 5.87. The van der Waals surface area contributed by atoms with Crippen LogP contribution in [0.25, 0.3) is 0 Å². The van der Waals surface area contributed by atoms with Gasteiger partial charge in [-0.05, 0) is 31.6 Å². The van der Waals surface area contributed by atoms with Crippen molar-refractivity contribution in [3.05, 3.63) is 11.7 Å². The van der Waals surface area contributed by atoms with E-state index >= 15 is 0 Å². The number of nitrogens with zero attached hydrogens (tertiary/aromatic N) is 2. The first-order valence-electron chi connectivity index (χ1n) is 7.72. The maximum atomic E-state index is 9.66. The summed E-state index contributed by atoms with van der Waals surface area (Å²) >= 11 is 0. The molecule has 0 bridgehead atoms. The first-order valence-corrected chi connectivity index (χ1v) is 7.72. The first kappa shape index (κ1) is 15.4. The van der Waals surface area contributed by atoms with Gasteiger partial charge in [0.15, 0.2) is 5.82 Å². The van der Waals surface area contributed by atoms with Crippen LogP contribution >= 0.6 is 0 Å². The third-order valence-corrected chi connectivity index (χ3v) is 4.16. The van der Waals surface area contributed by atoms with Crippen LogP contribution in [0, 0.1) is 5.92 Å². The van der Waals surface area contributed by atoms with E-state index in [4.69, 9.17) is 9.26 Å². The van der Waals surface area contributed by atoms with E-state index < -0.39 is 6.10 Å². The molecule has 1 unspecified atom stereocenters. The van der Waals surface area contributed by atoms with Gasteiger partial charge in [0.05, 0.1) is 19.1 Å². The highest BCUT2D eigenvalue weighted by Gasteiger charge is 2.25. The first-order chi connectivity index (χ1) is 9.72. The Morgan fingerprint density at radius 1 is 1.35 bits per heavy atom. The van der Waals surface area contributed by atoms with Gasteiger partial charge in [-0.25, -0.2) is 0 Å². The summed E-state index contributed by atoms with van der Waals surface area (Å²) in [6.07, 6.45) is 7.27. The molecule has 1 saturated carbocycles. The Kier molecular flexibility index (Phi) is 5.98. The summed E-state index contributed by atoms with van der Waals surface area (Å²) in [7, 11) is 1.57. The van der Waals surface area contributed by atoms with E-state index in [0.29, 0.717) is 24.8 Å². The molecule has 20 heavy (non-hydrogen) atoms. The van der Waals surface area contributed by atoms with Crippen LogP contribution in [-0.4, -0.2) is 35.1 Å². The Labute approximate surface area is 120 Å². The summed E-state index contributed by atoms with van der Waals surface area (Å²) in [6.45, 7) is 2.54. The zero-order valence-corrected chi connectivity index (χ0v) is 12.5. The summed E-state index contributed by atoms with van der Waals surface area (Å²) in [5, 5.41) is 13.7. The molecule has 0 aromatic carbocycles. The summed E-state index contributed by atoms with van der Waals surface area (Å²) in [5.41, 5.74) is 0. The molecule has 5 heteroatoms. The van der Waals surface area contributed by atoms with Crippen molar-refractivity contribution in [3.63, 3.8) is 0 Å². The van der Waals surface area contributed by atoms with Gasteiger partial charge in [0, 0.05) is 13.0 Å². The highest BCUT2D eigenvalue weighted by atomic mass is 16.5. The van der Waals surface area contributed by atoms with Crippen molar-refractivity contribution < 1.29 is 14.4 Å². The average molecular weight is 282 g/mol. The molecule has 1 aromatic heterocycles. The van der Waals surface area contributed by atoms with Crippen molar-refractivity contribution in [1.82, 2.24) is 10.1 Å². The Morgan fingerprint density at radius 3 is 2.75 bits per heavy atom. The number of aliphatic hydroxyl groups excluding tert-OH is 1. The Bertz CT molecular complexity index is 386. The third kappa shape index (κ3) is 4.28. The van der Waals surface area contributed by atoms with E-state index in [0.717, 1.165) is 24.6 Å². The number of methoxy groups -OCH3 is 1. The van der Waals surface area contributed by atoms with Crippen LogP contribution in [0.2, 0.25) is 0 Å². The lowest BCUT2D eigenvalue weighted by Gasteiger charge is -2.26. The minimum atomic E-state index is -0.575. The van der Waals surface area contributed by atoms with Crippen LogP contribution in [0.3, 0.4) is 0 Å². The Balaban J connectivity index is 1.83. The van der Waals surface area contributed by atoms with E-state index in [1.807, 2.05) is 0 Å². The van der Waals surface area contributed by atoms with Crippen molar-refractivity contribution in [2.75, 3.05) is 13.7 Å². The molecule has 5 nitrogen and oxygen atoms in total. The van der Waals surface area contributed by atoms with Crippen LogP contribution in [-0.2, 0) is 11.2 Å². The number of hydrogen-bond acceptors (Lipinski definition) is 5. The normalized spacial score (nSPS) is 24.8. The SMILES string of the molecule is CCCC1CCC(c2noc(CC(O)COC)n2)CC1. The average Bonchev–Trinajstić information content (AvgIpc) is 2.88. The van der Waals surface area contributed by atoms with Gasteiger partial charge in [0.1, 0.15) is 0 Å². The summed E-state index contributed by atoms with van der Waals surface area (Å²) in [4.78, 5) is 4.43. The van der Waals surface area contributed by atoms with Gasteiger partial charge < -0.3 is 14.4 Å². The molecule has 114 valence electrons. The third-order valence-electron chi connectivity index (χ3n) is 4.16. The maximum Gasteiger partial charge on any atom is 0.229 e. The lowest BCUT2D eigenvalue weighted by atomic mass is 9.80. The molecule has 0 amide bonds. The summed E-state index contributed by atoms with van der Waals surface area (Å²) in [5.74, 6) is 2.64. The van der Waals surface area contributed by atoms with Crippen LogP contribution in [0.1, 0.15) is 63.1 Å². The molecule has 0 radical (unpaired) electrons. The molecule has 1 fully saturated rings. The number of hydrogen-bond donors (Lipinski definition) is 1. The van der Waals surface area contributed by atoms with Gasteiger partial charge >= 0.3 is 0 Å². The molecule has 1 aliphatic rings. The molecule has 1 aromatic rings. The fourth-order valence-electron chi connectivity index (χ4n) is 3.09. The van der Waals surface area contributed by atoms with Gasteiger partial charge in [-0.1, -0.05) is 24.9 Å². The molecule has 1 heterocycles. The van der Waals surface area contributed by atoms with E-state index in [1.165, 1.54) is 25.7 Å². The van der Waals surface area contributed by atoms with Crippen molar-refractivity contribution in [2.24, 2.45) is 5.92 Å². The molecular formula is C15H26N2O3. The van der Waals surface area contributed by atoms with Crippen LogP contribution < -0.4 is 0 Å². The fourth-order valence-corrected chi connectivity index (χ4v) is 3.09. The van der Waals surface area contributed by atoms with Crippen LogP contribution in [0.5, 0.6) is 0 Å². The standard InChI is InChI=1S/C15H26N2O3/c1-3-4-11-5-7-12(8-6-11)15-16-14(20-17-15)9-13(18)10-19-2/h11-13,18H,3-10H2,1-2H3.